The van der Waals surface area contributed by atoms with Crippen LogP contribution in [-0.4, -0.2) is 18.0 Å². The third-order valence-corrected chi connectivity index (χ3v) is 4.98. The van der Waals surface area contributed by atoms with Gasteiger partial charge in [0, 0.05) is 24.4 Å². The molecule has 0 spiro atoms. The first-order valence-corrected chi connectivity index (χ1v) is 13.3. The van der Waals surface area contributed by atoms with E-state index in [2.05, 4.69) is 67.9 Å². The molecule has 29 heavy (non-hydrogen) atoms. The van der Waals surface area contributed by atoms with E-state index in [9.17, 15) is 4.79 Å². The molecule has 0 aromatic carbocycles. The summed E-state index contributed by atoms with van der Waals surface area (Å²) < 4.78 is 11.1. The van der Waals surface area contributed by atoms with Crippen molar-refractivity contribution in [2.45, 2.75) is 64.6 Å². The zero-order chi connectivity index (χ0) is 21.6. The molecule has 0 saturated carbocycles. The van der Waals surface area contributed by atoms with Crippen molar-refractivity contribution in [1.29, 1.82) is 0 Å². The zero-order valence-electron chi connectivity index (χ0n) is 17.7. The Balaban J connectivity index is 4.28. The van der Waals surface area contributed by atoms with Crippen molar-refractivity contribution >= 4 is 32.7 Å². The van der Waals surface area contributed by atoms with E-state index in [-0.39, 0.29) is 18.0 Å². The van der Waals surface area contributed by atoms with Gasteiger partial charge in [0.05, 0.1) is 12.2 Å². The summed E-state index contributed by atoms with van der Waals surface area (Å²) in [5.41, 5.74) is 0. The number of carbonyl (C=O) groups is 1. The van der Waals surface area contributed by atoms with Gasteiger partial charge in [-0.05, 0) is 39.0 Å². The summed E-state index contributed by atoms with van der Waals surface area (Å²) in [6, 6.07) is 0. The van der Waals surface area contributed by atoms with Crippen molar-refractivity contribution < 1.29 is 13.8 Å². The van der Waals surface area contributed by atoms with Crippen LogP contribution in [0.1, 0.15) is 52.4 Å². The Hall–Kier alpha value is -0.680. The fourth-order valence-corrected chi connectivity index (χ4v) is 3.32. The fraction of sp³-hybridized carbons (Fsp3) is 0.435. The first-order chi connectivity index (χ1) is 14.1. The molecule has 0 rings (SSSR count). The van der Waals surface area contributed by atoms with Crippen LogP contribution < -0.4 is 0 Å². The Labute approximate surface area is 184 Å². The lowest BCUT2D eigenvalue weighted by Crippen LogP contribution is -2.01. The summed E-state index contributed by atoms with van der Waals surface area (Å²) >= 11 is 0. The monoisotopic (exact) mass is 454 g/mol. The molecule has 162 valence electrons. The van der Waals surface area contributed by atoms with Gasteiger partial charge in [0.25, 0.3) is 0 Å². The minimum absolute atomic E-state index is 0.0692. The van der Waals surface area contributed by atoms with Crippen LogP contribution in [0, 0.1) is 0 Å². The Morgan fingerprint density at radius 1 is 0.931 bits per heavy atom. The molecule has 0 bridgehead atoms. The average molecular weight is 454 g/mol. The third-order valence-electron chi connectivity index (χ3n) is 3.79. The molecule has 0 aliphatic carbocycles. The maximum Gasteiger partial charge on any atom is 0.130 e. The molecule has 0 aliphatic heterocycles. The lowest BCUT2D eigenvalue weighted by molar-refractivity contribution is -0.116. The van der Waals surface area contributed by atoms with E-state index in [1.807, 2.05) is 30.4 Å². The molecule has 0 heterocycles. The summed E-state index contributed by atoms with van der Waals surface area (Å²) in [6.45, 7) is 3.75. The number of hydrogen-bond donors (Lipinski definition) is 0. The van der Waals surface area contributed by atoms with E-state index >= 15 is 0 Å². The number of carbonyl (C=O) groups excluding carboxylic acids is 1. The van der Waals surface area contributed by atoms with Gasteiger partial charge in [0.2, 0.25) is 0 Å². The van der Waals surface area contributed by atoms with Gasteiger partial charge in [-0.2, -0.15) is 0 Å². The van der Waals surface area contributed by atoms with Crippen LogP contribution in [0.15, 0.2) is 72.9 Å². The largest absolute Gasteiger partial charge is 0.358 e. The van der Waals surface area contributed by atoms with Crippen LogP contribution in [0.3, 0.4) is 0 Å². The van der Waals surface area contributed by atoms with E-state index in [0.717, 1.165) is 32.1 Å². The van der Waals surface area contributed by atoms with E-state index in [1.165, 1.54) is 0 Å². The third kappa shape index (κ3) is 20.4. The summed E-state index contributed by atoms with van der Waals surface area (Å²) in [5.74, 6) is 0.237. The number of hydrogen-bond acceptors (Lipinski definition) is 3. The Morgan fingerprint density at radius 3 is 2.17 bits per heavy atom. The maximum absolute atomic E-state index is 10.9. The molecule has 0 aromatic rings. The van der Waals surface area contributed by atoms with Crippen LogP contribution in [-0.2, 0) is 13.8 Å². The summed E-state index contributed by atoms with van der Waals surface area (Å²) in [7, 11) is 5.33. The van der Waals surface area contributed by atoms with Gasteiger partial charge in [-0.15, -0.1) is 0 Å². The SMILES string of the molecule is CC/C=C/CC(/C=C/C=C/C=C/C(C/C=C/C/C=C/CCC(C)=O)OPP)OP. The number of allylic oxidation sites excluding steroid dienone is 8. The normalized spacial score (nSPS) is 15.6. The quantitative estimate of drug-likeness (QED) is 0.132. The van der Waals surface area contributed by atoms with Crippen molar-refractivity contribution in [3.63, 3.8) is 0 Å². The topological polar surface area (TPSA) is 35.5 Å². The molecule has 0 radical (unpaired) electrons. The molecule has 5 unspecified atom stereocenters. The maximum atomic E-state index is 10.9. The van der Waals surface area contributed by atoms with Gasteiger partial charge in [0.1, 0.15) is 5.78 Å². The van der Waals surface area contributed by atoms with E-state index in [0.29, 0.717) is 14.9 Å². The molecule has 0 fully saturated rings. The standard InChI is InChI=1S/C23H37O3P3/c1-3-4-11-17-22(25-27)18-13-9-10-15-20-23(26-29-28)19-14-8-6-5-7-12-16-21(2)24/h4-5,7-11,13-15,18,20,22-23,29H,3,6,12,16-17,19,27-28H2,1-2H3/b7-5+,10-9+,11-4+,14-8+,18-13+,20-15+. The van der Waals surface area contributed by atoms with Crippen LogP contribution >= 0.6 is 26.9 Å². The smallest absolute Gasteiger partial charge is 0.130 e. The molecule has 3 nitrogen and oxygen atoms in total. The second kappa shape index (κ2) is 22.0. The van der Waals surface area contributed by atoms with Gasteiger partial charge in [0.15, 0.2) is 0 Å². The van der Waals surface area contributed by atoms with Crippen molar-refractivity contribution in [1.82, 2.24) is 0 Å². The van der Waals surface area contributed by atoms with Crippen LogP contribution in [0.4, 0.5) is 0 Å². The van der Waals surface area contributed by atoms with E-state index in [4.69, 9.17) is 9.05 Å². The molecule has 0 aromatic heterocycles. The van der Waals surface area contributed by atoms with Gasteiger partial charge < -0.3 is 13.8 Å². The predicted molar refractivity (Wildman–Crippen MR) is 136 cm³/mol. The highest BCUT2D eigenvalue weighted by Crippen LogP contribution is 2.25. The number of Topliss-reactive ketones (excluding diaryl/α,β-unsaturated/α-hetero) is 1. The average Bonchev–Trinajstić information content (AvgIpc) is 2.70. The molecular weight excluding hydrogens is 417 g/mol. The summed E-state index contributed by atoms with van der Waals surface area (Å²) in [4.78, 5) is 10.9. The van der Waals surface area contributed by atoms with Crippen molar-refractivity contribution in [2.24, 2.45) is 0 Å². The Kier molecular flexibility index (Phi) is 21.5. The lowest BCUT2D eigenvalue weighted by atomic mass is 10.2. The van der Waals surface area contributed by atoms with Crippen molar-refractivity contribution in [3.8, 4) is 0 Å². The van der Waals surface area contributed by atoms with Gasteiger partial charge in [-0.1, -0.05) is 88.8 Å². The van der Waals surface area contributed by atoms with Crippen molar-refractivity contribution in [2.75, 3.05) is 0 Å². The summed E-state index contributed by atoms with van der Waals surface area (Å²) in [5, 5.41) is 0. The second-order valence-corrected chi connectivity index (χ2v) is 7.82. The number of rotatable bonds is 17. The Bertz CT molecular complexity index is 578. The van der Waals surface area contributed by atoms with Gasteiger partial charge >= 0.3 is 0 Å². The minimum atomic E-state index is 0.0692. The first kappa shape index (κ1) is 28.3. The van der Waals surface area contributed by atoms with Crippen LogP contribution in [0.25, 0.3) is 0 Å². The van der Waals surface area contributed by atoms with E-state index < -0.39 is 0 Å². The van der Waals surface area contributed by atoms with Crippen molar-refractivity contribution in [3.05, 3.63) is 72.9 Å². The lowest BCUT2D eigenvalue weighted by Gasteiger charge is -2.09. The van der Waals surface area contributed by atoms with Gasteiger partial charge in [-0.3, -0.25) is 0 Å². The number of ketones is 1. The van der Waals surface area contributed by atoms with Crippen LogP contribution in [0.5, 0.6) is 0 Å². The zero-order valence-corrected chi connectivity index (χ0v) is 21.0. The second-order valence-electron chi connectivity index (χ2n) is 6.37. The molecule has 0 saturated heterocycles. The fourth-order valence-electron chi connectivity index (χ4n) is 2.24. The molecule has 0 aliphatic rings. The highest BCUT2D eigenvalue weighted by atomic mass is 32.0. The van der Waals surface area contributed by atoms with Crippen LogP contribution in [0.2, 0.25) is 0 Å². The first-order valence-electron chi connectivity index (χ1n) is 10.1. The van der Waals surface area contributed by atoms with Gasteiger partial charge in [-0.25, -0.2) is 0 Å². The molecular formula is C23H37O3P3. The highest BCUT2D eigenvalue weighted by molar-refractivity contribution is 8.00. The van der Waals surface area contributed by atoms with E-state index in [1.54, 1.807) is 6.92 Å². The Morgan fingerprint density at radius 2 is 1.55 bits per heavy atom. The molecule has 0 amide bonds. The molecule has 5 atom stereocenters. The molecule has 6 heteroatoms. The highest BCUT2D eigenvalue weighted by Gasteiger charge is 2.00. The molecule has 0 N–H and O–H groups in total. The predicted octanol–water partition coefficient (Wildman–Crippen LogP) is 7.22. The minimum Gasteiger partial charge on any atom is -0.358 e. The summed E-state index contributed by atoms with van der Waals surface area (Å²) in [6.07, 6.45) is 30.1.